The van der Waals surface area contributed by atoms with Gasteiger partial charge in [-0.1, -0.05) is 13.8 Å². The Morgan fingerprint density at radius 2 is 2.00 bits per heavy atom. The van der Waals surface area contributed by atoms with E-state index in [0.717, 1.165) is 11.8 Å². The van der Waals surface area contributed by atoms with Crippen molar-refractivity contribution in [1.29, 1.82) is 0 Å². The maximum absolute atomic E-state index is 5.75. The van der Waals surface area contributed by atoms with E-state index in [9.17, 15) is 0 Å². The molecule has 4 aliphatic rings. The van der Waals surface area contributed by atoms with Crippen LogP contribution in [-0.2, 0) is 4.74 Å². The van der Waals surface area contributed by atoms with Gasteiger partial charge in [-0.15, -0.1) is 0 Å². The van der Waals surface area contributed by atoms with E-state index in [1.54, 1.807) is 0 Å². The molecular weight excluding hydrogens is 136 g/mol. The van der Waals surface area contributed by atoms with Crippen molar-refractivity contribution in [2.45, 2.75) is 45.3 Å². The van der Waals surface area contributed by atoms with Crippen molar-refractivity contribution in [2.24, 2.45) is 17.3 Å². The quantitative estimate of drug-likeness (QED) is 0.485. The van der Waals surface area contributed by atoms with Gasteiger partial charge in [0.05, 0.1) is 11.7 Å². The second-order valence-corrected chi connectivity index (χ2v) is 5.42. The third kappa shape index (κ3) is 0.547. The molecule has 62 valence electrons. The first kappa shape index (κ1) is 6.47. The van der Waals surface area contributed by atoms with Gasteiger partial charge in [0.15, 0.2) is 0 Å². The van der Waals surface area contributed by atoms with E-state index in [2.05, 4.69) is 20.8 Å². The molecule has 0 radical (unpaired) electrons. The summed E-state index contributed by atoms with van der Waals surface area (Å²) in [5, 5.41) is 0. The Kier molecular flexibility index (Phi) is 0.820. The fourth-order valence-electron chi connectivity index (χ4n) is 3.33. The summed E-state index contributed by atoms with van der Waals surface area (Å²) in [6, 6.07) is 0. The predicted octanol–water partition coefficient (Wildman–Crippen LogP) is 2.21. The van der Waals surface area contributed by atoms with Crippen LogP contribution in [0.3, 0.4) is 0 Å². The van der Waals surface area contributed by atoms with E-state index in [1.807, 2.05) is 0 Å². The summed E-state index contributed by atoms with van der Waals surface area (Å²) in [5.41, 5.74) is 0.920. The number of epoxide rings is 1. The van der Waals surface area contributed by atoms with Crippen molar-refractivity contribution in [3.63, 3.8) is 0 Å². The highest BCUT2D eigenvalue weighted by Crippen LogP contribution is 2.69. The highest BCUT2D eigenvalue weighted by atomic mass is 16.6. The molecule has 3 saturated carbocycles. The van der Waals surface area contributed by atoms with E-state index in [0.29, 0.717) is 17.1 Å². The van der Waals surface area contributed by atoms with Crippen LogP contribution in [0.25, 0.3) is 0 Å². The number of rotatable bonds is 0. The lowest BCUT2D eigenvalue weighted by Gasteiger charge is -2.56. The van der Waals surface area contributed by atoms with Gasteiger partial charge in [-0.3, -0.25) is 0 Å². The maximum atomic E-state index is 5.75. The van der Waals surface area contributed by atoms with Crippen LogP contribution < -0.4 is 0 Å². The van der Waals surface area contributed by atoms with Crippen LogP contribution >= 0.6 is 0 Å². The van der Waals surface area contributed by atoms with Crippen molar-refractivity contribution in [3.05, 3.63) is 0 Å². The standard InChI is InChI=1S/C10H16O/c1-9(2)6-4-7(9)8-10(3,5-6)11-8/h6-8H,4-5H2,1-3H3. The molecule has 11 heavy (non-hydrogen) atoms. The minimum Gasteiger partial charge on any atom is -0.366 e. The molecule has 0 aromatic rings. The topological polar surface area (TPSA) is 12.5 Å². The smallest absolute Gasteiger partial charge is 0.0926 e. The average Bonchev–Trinajstić information content (AvgIpc) is 2.58. The van der Waals surface area contributed by atoms with Crippen LogP contribution in [0, 0.1) is 17.3 Å². The van der Waals surface area contributed by atoms with Gasteiger partial charge in [-0.2, -0.15) is 0 Å². The molecule has 3 aliphatic carbocycles. The van der Waals surface area contributed by atoms with Crippen LogP contribution in [0.2, 0.25) is 0 Å². The van der Waals surface area contributed by atoms with Crippen molar-refractivity contribution in [1.82, 2.24) is 0 Å². The Morgan fingerprint density at radius 3 is 2.45 bits per heavy atom. The van der Waals surface area contributed by atoms with E-state index in [-0.39, 0.29) is 0 Å². The SMILES string of the molecule is CC12CC3CC(C1O2)C3(C)C. The van der Waals surface area contributed by atoms with E-state index in [4.69, 9.17) is 4.74 Å². The monoisotopic (exact) mass is 152 g/mol. The molecule has 4 rings (SSSR count). The largest absolute Gasteiger partial charge is 0.366 e. The highest BCUT2D eigenvalue weighted by Gasteiger charge is 2.71. The van der Waals surface area contributed by atoms with E-state index in [1.165, 1.54) is 12.8 Å². The van der Waals surface area contributed by atoms with Gasteiger partial charge < -0.3 is 4.74 Å². The van der Waals surface area contributed by atoms with Gasteiger partial charge in [0.2, 0.25) is 0 Å². The first-order valence-electron chi connectivity index (χ1n) is 4.72. The molecule has 1 saturated heterocycles. The molecule has 0 aromatic carbocycles. The number of ether oxygens (including phenoxy) is 1. The van der Waals surface area contributed by atoms with E-state index < -0.39 is 0 Å². The zero-order chi connectivity index (χ0) is 7.85. The number of hydrogen-bond donors (Lipinski definition) is 0. The Labute approximate surface area is 68.1 Å². The maximum Gasteiger partial charge on any atom is 0.0926 e. The van der Waals surface area contributed by atoms with Crippen LogP contribution in [0.1, 0.15) is 33.6 Å². The molecule has 4 atom stereocenters. The molecule has 0 amide bonds. The Bertz CT molecular complexity index is 221. The van der Waals surface area contributed by atoms with Crippen LogP contribution in [0.4, 0.5) is 0 Å². The summed E-state index contributed by atoms with van der Waals surface area (Å²) in [6.07, 6.45) is 3.39. The molecule has 0 spiro atoms. The summed E-state index contributed by atoms with van der Waals surface area (Å²) in [5.74, 6) is 1.84. The number of hydrogen-bond acceptors (Lipinski definition) is 1. The van der Waals surface area contributed by atoms with Gasteiger partial charge >= 0.3 is 0 Å². The Morgan fingerprint density at radius 1 is 1.27 bits per heavy atom. The predicted molar refractivity (Wildman–Crippen MR) is 43.3 cm³/mol. The van der Waals surface area contributed by atoms with Gasteiger partial charge in [0.1, 0.15) is 0 Å². The molecule has 0 N–H and O–H groups in total. The summed E-state index contributed by atoms with van der Waals surface area (Å²) >= 11 is 0. The second-order valence-electron chi connectivity index (χ2n) is 5.42. The van der Waals surface area contributed by atoms with Crippen LogP contribution in [-0.4, -0.2) is 11.7 Å². The first-order valence-corrected chi connectivity index (χ1v) is 4.72. The fraction of sp³-hybridized carbons (Fsp3) is 1.00. The van der Waals surface area contributed by atoms with Crippen molar-refractivity contribution in [3.8, 4) is 0 Å². The Hall–Kier alpha value is -0.0400. The Balaban J connectivity index is 1.94. The van der Waals surface area contributed by atoms with E-state index >= 15 is 0 Å². The molecule has 0 aromatic heterocycles. The summed E-state index contributed by atoms with van der Waals surface area (Å²) < 4.78 is 5.75. The van der Waals surface area contributed by atoms with Crippen LogP contribution in [0.5, 0.6) is 0 Å². The lowest BCUT2D eigenvalue weighted by Crippen LogP contribution is -2.54. The van der Waals surface area contributed by atoms with Crippen molar-refractivity contribution >= 4 is 0 Å². The van der Waals surface area contributed by atoms with Gasteiger partial charge in [-0.25, -0.2) is 0 Å². The third-order valence-corrected chi connectivity index (χ3v) is 4.50. The molecule has 2 bridgehead atoms. The minimum atomic E-state index is 0.323. The second kappa shape index (κ2) is 1.39. The lowest BCUT2D eigenvalue weighted by molar-refractivity contribution is -0.0597. The third-order valence-electron chi connectivity index (χ3n) is 4.50. The first-order chi connectivity index (χ1) is 5.04. The average molecular weight is 152 g/mol. The lowest BCUT2D eigenvalue weighted by atomic mass is 9.47. The molecule has 1 heterocycles. The minimum absolute atomic E-state index is 0.323. The van der Waals surface area contributed by atoms with Crippen molar-refractivity contribution < 1.29 is 4.74 Å². The summed E-state index contributed by atoms with van der Waals surface area (Å²) in [4.78, 5) is 0. The zero-order valence-corrected chi connectivity index (χ0v) is 7.55. The molecule has 4 unspecified atom stereocenters. The zero-order valence-electron chi connectivity index (χ0n) is 7.55. The fourth-order valence-corrected chi connectivity index (χ4v) is 3.33. The molecule has 1 aliphatic heterocycles. The summed E-state index contributed by atoms with van der Waals surface area (Å²) in [7, 11) is 0. The summed E-state index contributed by atoms with van der Waals surface area (Å²) in [6.45, 7) is 7.10. The molecule has 4 fully saturated rings. The van der Waals surface area contributed by atoms with Crippen LogP contribution in [0.15, 0.2) is 0 Å². The van der Waals surface area contributed by atoms with Gasteiger partial charge in [0.25, 0.3) is 0 Å². The highest BCUT2D eigenvalue weighted by molar-refractivity contribution is 5.19. The van der Waals surface area contributed by atoms with Crippen molar-refractivity contribution in [2.75, 3.05) is 0 Å². The van der Waals surface area contributed by atoms with Gasteiger partial charge in [-0.05, 0) is 37.0 Å². The normalized spacial score (nSPS) is 63.0. The molecule has 1 heteroatoms. The molecular formula is C10H16O. The molecule has 1 nitrogen and oxygen atoms in total. The van der Waals surface area contributed by atoms with Gasteiger partial charge in [0, 0.05) is 0 Å².